The monoisotopic (exact) mass is 194 g/mol. The third-order valence-corrected chi connectivity index (χ3v) is 2.37. The Hall–Kier alpha value is -1.09. The highest BCUT2D eigenvalue weighted by atomic mass is 35.5. The van der Waals surface area contributed by atoms with Gasteiger partial charge in [-0.15, -0.1) is 0 Å². The highest BCUT2D eigenvalue weighted by Gasteiger charge is 2.29. The zero-order valence-electron chi connectivity index (χ0n) is 6.83. The van der Waals surface area contributed by atoms with Gasteiger partial charge in [0.1, 0.15) is 5.15 Å². The number of nitrogens with zero attached hydrogens (tertiary/aromatic N) is 2. The minimum absolute atomic E-state index is 0.461. The lowest BCUT2D eigenvalue weighted by Crippen LogP contribution is -1.78. The maximum absolute atomic E-state index is 5.73. The molecule has 3 rings (SSSR count). The first kappa shape index (κ1) is 7.33. The van der Waals surface area contributed by atoms with Gasteiger partial charge in [-0.25, -0.2) is 4.98 Å². The van der Waals surface area contributed by atoms with Gasteiger partial charge in [-0.1, -0.05) is 11.6 Å². The Kier molecular flexibility index (Phi) is 1.38. The van der Waals surface area contributed by atoms with E-state index in [0.717, 1.165) is 11.5 Å². The summed E-state index contributed by atoms with van der Waals surface area (Å²) < 4.78 is 5.51. The van der Waals surface area contributed by atoms with E-state index in [4.69, 9.17) is 16.0 Å². The Labute approximate surface area is 79.7 Å². The maximum Gasteiger partial charge on any atom is 0.200 e. The summed E-state index contributed by atoms with van der Waals surface area (Å²) in [6, 6.07) is 3.52. The van der Waals surface area contributed by atoms with Gasteiger partial charge >= 0.3 is 0 Å². The van der Waals surface area contributed by atoms with Gasteiger partial charge in [-0.3, -0.25) is 0 Å². The van der Waals surface area contributed by atoms with E-state index in [2.05, 4.69) is 9.97 Å². The van der Waals surface area contributed by atoms with Crippen LogP contribution in [0.25, 0.3) is 11.2 Å². The van der Waals surface area contributed by atoms with E-state index >= 15 is 0 Å². The minimum atomic E-state index is 0.461. The average Bonchev–Trinajstić information content (AvgIpc) is 2.87. The molecule has 0 N–H and O–H groups in total. The molecular formula is C9H7ClN2O. The second kappa shape index (κ2) is 2.45. The fraction of sp³-hybridized carbons (Fsp3) is 0.333. The minimum Gasteiger partial charge on any atom is -0.439 e. The largest absolute Gasteiger partial charge is 0.439 e. The molecule has 0 saturated heterocycles. The third-order valence-electron chi connectivity index (χ3n) is 2.16. The van der Waals surface area contributed by atoms with E-state index in [-0.39, 0.29) is 0 Å². The van der Waals surface area contributed by atoms with Crippen LogP contribution in [-0.4, -0.2) is 9.97 Å². The Morgan fingerprint density at radius 2 is 2.15 bits per heavy atom. The number of aromatic nitrogens is 2. The van der Waals surface area contributed by atoms with Crippen LogP contribution in [0.1, 0.15) is 24.7 Å². The summed E-state index contributed by atoms with van der Waals surface area (Å²) >= 11 is 5.73. The van der Waals surface area contributed by atoms with Crippen molar-refractivity contribution in [2.45, 2.75) is 18.8 Å². The zero-order valence-corrected chi connectivity index (χ0v) is 7.58. The molecular weight excluding hydrogens is 188 g/mol. The van der Waals surface area contributed by atoms with Crippen molar-refractivity contribution in [3.63, 3.8) is 0 Å². The average molecular weight is 195 g/mol. The molecule has 2 aromatic rings. The molecule has 0 aromatic carbocycles. The van der Waals surface area contributed by atoms with Gasteiger partial charge < -0.3 is 4.42 Å². The van der Waals surface area contributed by atoms with Crippen molar-refractivity contribution in [2.24, 2.45) is 0 Å². The molecule has 0 spiro atoms. The SMILES string of the molecule is Clc1ccc2oc(C3CC3)nc2n1. The first-order chi connectivity index (χ1) is 6.33. The van der Waals surface area contributed by atoms with Crippen LogP contribution in [0, 0.1) is 0 Å². The van der Waals surface area contributed by atoms with Gasteiger partial charge in [0.25, 0.3) is 0 Å². The molecule has 1 saturated carbocycles. The number of pyridine rings is 1. The molecule has 0 bridgehead atoms. The molecule has 66 valence electrons. The Morgan fingerprint density at radius 1 is 1.31 bits per heavy atom. The Morgan fingerprint density at radius 3 is 2.92 bits per heavy atom. The maximum atomic E-state index is 5.73. The normalized spacial score (nSPS) is 16.7. The summed E-state index contributed by atoms with van der Waals surface area (Å²) in [6.07, 6.45) is 2.36. The molecule has 4 heteroatoms. The van der Waals surface area contributed by atoms with E-state index < -0.39 is 0 Å². The predicted molar refractivity (Wildman–Crippen MR) is 48.8 cm³/mol. The number of hydrogen-bond donors (Lipinski definition) is 0. The Balaban J connectivity index is 2.20. The molecule has 1 fully saturated rings. The Bertz CT molecular complexity index is 462. The first-order valence-electron chi connectivity index (χ1n) is 4.26. The quantitative estimate of drug-likeness (QED) is 0.656. The van der Waals surface area contributed by atoms with Crippen LogP contribution >= 0.6 is 11.6 Å². The van der Waals surface area contributed by atoms with Crippen LogP contribution in [0.4, 0.5) is 0 Å². The molecule has 1 aliphatic rings. The van der Waals surface area contributed by atoms with Gasteiger partial charge in [0.05, 0.1) is 0 Å². The van der Waals surface area contributed by atoms with Crippen molar-refractivity contribution in [2.75, 3.05) is 0 Å². The van der Waals surface area contributed by atoms with Crippen LogP contribution < -0.4 is 0 Å². The highest BCUT2D eigenvalue weighted by Crippen LogP contribution is 2.40. The number of oxazole rings is 1. The molecule has 2 heterocycles. The highest BCUT2D eigenvalue weighted by molar-refractivity contribution is 6.29. The lowest BCUT2D eigenvalue weighted by Gasteiger charge is -1.85. The molecule has 0 radical (unpaired) electrons. The van der Waals surface area contributed by atoms with Crippen molar-refractivity contribution in [1.29, 1.82) is 0 Å². The van der Waals surface area contributed by atoms with Crippen LogP contribution in [0.5, 0.6) is 0 Å². The van der Waals surface area contributed by atoms with E-state index in [1.54, 1.807) is 6.07 Å². The zero-order chi connectivity index (χ0) is 8.84. The van der Waals surface area contributed by atoms with Crippen molar-refractivity contribution < 1.29 is 4.42 Å². The van der Waals surface area contributed by atoms with Gasteiger partial charge in [0.15, 0.2) is 17.1 Å². The smallest absolute Gasteiger partial charge is 0.200 e. The number of rotatable bonds is 1. The van der Waals surface area contributed by atoms with Crippen LogP contribution in [0.2, 0.25) is 5.15 Å². The third kappa shape index (κ3) is 1.20. The molecule has 13 heavy (non-hydrogen) atoms. The fourth-order valence-corrected chi connectivity index (χ4v) is 1.46. The number of fused-ring (bicyclic) bond motifs is 1. The van der Waals surface area contributed by atoms with Crippen molar-refractivity contribution in [3.05, 3.63) is 23.2 Å². The summed E-state index contributed by atoms with van der Waals surface area (Å²) in [5.41, 5.74) is 1.35. The standard InChI is InChI=1S/C9H7ClN2O/c10-7-4-3-6-8(11-7)12-9(13-6)5-1-2-5/h3-5H,1-2H2. The van der Waals surface area contributed by atoms with Crippen LogP contribution in [-0.2, 0) is 0 Å². The lowest BCUT2D eigenvalue weighted by atomic mass is 10.4. The second-order valence-electron chi connectivity index (χ2n) is 3.28. The number of hydrogen-bond acceptors (Lipinski definition) is 3. The second-order valence-corrected chi connectivity index (χ2v) is 3.67. The summed E-state index contributed by atoms with van der Waals surface area (Å²) in [5.74, 6) is 1.33. The molecule has 0 aliphatic heterocycles. The number of halogens is 1. The lowest BCUT2D eigenvalue weighted by molar-refractivity contribution is 0.533. The summed E-state index contributed by atoms with van der Waals surface area (Å²) in [5, 5.41) is 0.461. The summed E-state index contributed by atoms with van der Waals surface area (Å²) in [6.45, 7) is 0. The van der Waals surface area contributed by atoms with Crippen molar-refractivity contribution >= 4 is 22.8 Å². The van der Waals surface area contributed by atoms with Crippen molar-refractivity contribution in [1.82, 2.24) is 9.97 Å². The molecule has 3 nitrogen and oxygen atoms in total. The molecule has 2 aromatic heterocycles. The summed E-state index contributed by atoms with van der Waals surface area (Å²) in [4.78, 5) is 8.34. The topological polar surface area (TPSA) is 38.9 Å². The molecule has 0 unspecified atom stereocenters. The summed E-state index contributed by atoms with van der Waals surface area (Å²) in [7, 11) is 0. The van der Waals surface area contributed by atoms with Gasteiger partial charge in [-0.2, -0.15) is 4.98 Å². The van der Waals surface area contributed by atoms with Crippen LogP contribution in [0.3, 0.4) is 0 Å². The van der Waals surface area contributed by atoms with Crippen molar-refractivity contribution in [3.8, 4) is 0 Å². The van der Waals surface area contributed by atoms with Crippen LogP contribution in [0.15, 0.2) is 16.5 Å². The van der Waals surface area contributed by atoms with E-state index in [1.807, 2.05) is 6.07 Å². The first-order valence-corrected chi connectivity index (χ1v) is 4.64. The van der Waals surface area contributed by atoms with Gasteiger partial charge in [-0.05, 0) is 25.0 Å². The van der Waals surface area contributed by atoms with E-state index in [0.29, 0.717) is 16.7 Å². The van der Waals surface area contributed by atoms with E-state index in [9.17, 15) is 0 Å². The molecule has 1 aliphatic carbocycles. The molecule has 0 amide bonds. The van der Waals surface area contributed by atoms with Gasteiger partial charge in [0, 0.05) is 5.92 Å². The van der Waals surface area contributed by atoms with E-state index in [1.165, 1.54) is 12.8 Å². The molecule has 0 atom stereocenters. The predicted octanol–water partition coefficient (Wildman–Crippen LogP) is 2.75. The fourth-order valence-electron chi connectivity index (χ4n) is 1.32. The van der Waals surface area contributed by atoms with Gasteiger partial charge in [0.2, 0.25) is 0 Å².